The molecular weight excluding hydrogens is 632 g/mol. The molecule has 1 saturated carbocycles. The van der Waals surface area contributed by atoms with Gasteiger partial charge >= 0.3 is 13.7 Å². The predicted molar refractivity (Wildman–Crippen MR) is 173 cm³/mol. The second-order valence-electron chi connectivity index (χ2n) is 13.5. The predicted octanol–water partition coefficient (Wildman–Crippen LogP) is 4.14. The molecule has 0 amide bonds. The number of rotatable bonds is 10. The highest BCUT2D eigenvalue weighted by molar-refractivity contribution is 7.52. The summed E-state index contributed by atoms with van der Waals surface area (Å²) in [4.78, 5) is 27.4. The molecule has 1 unspecified atom stereocenters. The van der Waals surface area contributed by atoms with Gasteiger partial charge in [-0.1, -0.05) is 57.2 Å². The number of benzene rings is 2. The number of ether oxygens (including phenoxy) is 2. The summed E-state index contributed by atoms with van der Waals surface area (Å²) in [6.07, 6.45) is -2.77. The number of hydrogen-bond acceptors (Lipinski definition) is 12. The summed E-state index contributed by atoms with van der Waals surface area (Å²) < 4.78 is 56.0. The van der Waals surface area contributed by atoms with E-state index in [1.54, 1.807) is 43.3 Å². The van der Waals surface area contributed by atoms with Gasteiger partial charge in [0, 0.05) is 19.5 Å². The van der Waals surface area contributed by atoms with E-state index < -0.39 is 49.5 Å². The lowest BCUT2D eigenvalue weighted by molar-refractivity contribution is -0.148. The number of hydrogen-bond donors (Lipinski definition) is 3. The second-order valence-corrected chi connectivity index (χ2v) is 15.2. The van der Waals surface area contributed by atoms with Gasteiger partial charge in [-0.25, -0.2) is 13.9 Å². The molecule has 14 nitrogen and oxygen atoms in total. The van der Waals surface area contributed by atoms with E-state index in [0.29, 0.717) is 16.7 Å². The van der Waals surface area contributed by atoms with Gasteiger partial charge in [-0.05, 0) is 30.7 Å². The number of esters is 1. The molecule has 1 aliphatic heterocycles. The molecule has 0 spiro atoms. The van der Waals surface area contributed by atoms with Gasteiger partial charge in [0.1, 0.15) is 24.0 Å². The molecule has 4 aromatic rings. The molecule has 0 bridgehead atoms. The molecule has 47 heavy (non-hydrogen) atoms. The minimum Gasteiger partial charge on any atom is -0.464 e. The van der Waals surface area contributed by atoms with E-state index in [-0.39, 0.29) is 29.4 Å². The smallest absolute Gasteiger partial charge is 0.459 e. The number of fused-ring (bicyclic) bond motifs is 3. The summed E-state index contributed by atoms with van der Waals surface area (Å²) in [7, 11) is -1.02. The van der Waals surface area contributed by atoms with Gasteiger partial charge in [-0.15, -0.1) is 0 Å². The number of carbonyl (C=O) groups is 1. The number of nitrogen functional groups attached to an aromatic ring is 1. The summed E-state index contributed by atoms with van der Waals surface area (Å²) in [5.74, 6) is -0.147. The molecule has 1 saturated heterocycles. The summed E-state index contributed by atoms with van der Waals surface area (Å²) in [5.41, 5.74) is 1.41. The maximum atomic E-state index is 16.8. The van der Waals surface area contributed by atoms with Gasteiger partial charge in [0.15, 0.2) is 34.5 Å². The lowest BCUT2D eigenvalue weighted by Crippen LogP contribution is -2.45. The zero-order valence-electron chi connectivity index (χ0n) is 27.2. The Hall–Kier alpha value is -3.88. The van der Waals surface area contributed by atoms with Crippen molar-refractivity contribution in [2.75, 3.05) is 31.3 Å². The van der Waals surface area contributed by atoms with Crippen molar-refractivity contribution >= 4 is 47.4 Å². The number of nitrogens with one attached hydrogen (secondary N) is 1. The van der Waals surface area contributed by atoms with Crippen molar-refractivity contribution in [2.24, 2.45) is 5.41 Å². The quantitative estimate of drug-likeness (QED) is 0.162. The number of anilines is 2. The van der Waals surface area contributed by atoms with Crippen LogP contribution in [0.5, 0.6) is 5.75 Å². The number of nitrogens with two attached hydrogens (primary N) is 1. The molecule has 0 radical (unpaired) electrons. The van der Waals surface area contributed by atoms with Crippen molar-refractivity contribution in [1.82, 2.24) is 24.6 Å². The standard InChI is InChI=1S/C31H39FN7O7P/c1-17(26(40)43-15-29(2,3)4)37-47(42,45-20-14-10-12-18-11-8-9-13-19(18)20)46-23-22-31(23,41)30(5,32)27(44-22)39-16-34-21-24(38(6)7)35-28(33)36-25(21)39/h8-14,16-17,22-23,27,41H,15H2,1-7H3,(H,37,42)(H2,33,35,36)/t17-,22-,23?,27-,30+,31+,47-/m1/s1. The first kappa shape index (κ1) is 33.0. The number of aromatic nitrogens is 4. The average molecular weight is 672 g/mol. The van der Waals surface area contributed by atoms with Gasteiger partial charge in [-0.3, -0.25) is 13.9 Å². The SMILES string of the molecule is C[C@@H](N[P@@](=O)(Oc1cccc2ccccc12)OC1[C@H]2O[C@@H](n3cnc4c(N(C)C)nc(N)nc43)[C@](C)(F)[C@@]12O)C(=O)OCC(C)(C)C. The van der Waals surface area contributed by atoms with Crippen LogP contribution < -0.4 is 20.2 Å². The number of carbonyl (C=O) groups excluding carboxylic acids is 1. The van der Waals surface area contributed by atoms with Crippen molar-refractivity contribution in [3.8, 4) is 5.75 Å². The minimum atomic E-state index is -4.53. The van der Waals surface area contributed by atoms with Crippen molar-refractivity contribution in [3.05, 3.63) is 48.8 Å². The van der Waals surface area contributed by atoms with Crippen LogP contribution in [-0.2, 0) is 23.4 Å². The zero-order chi connectivity index (χ0) is 34.1. The average Bonchev–Trinajstić information content (AvgIpc) is 3.24. The minimum absolute atomic E-state index is 0.0562. The number of halogens is 1. The van der Waals surface area contributed by atoms with Gasteiger partial charge < -0.3 is 29.7 Å². The summed E-state index contributed by atoms with van der Waals surface area (Å²) in [6, 6.07) is 11.3. The first-order valence-electron chi connectivity index (χ1n) is 15.1. The normalized spacial score (nSPS) is 27.3. The molecular formula is C31H39FN7O7P. The van der Waals surface area contributed by atoms with Crippen LogP contribution in [0.2, 0.25) is 0 Å². The topological polar surface area (TPSA) is 176 Å². The molecule has 6 rings (SSSR count). The van der Waals surface area contributed by atoms with E-state index in [0.717, 1.165) is 12.3 Å². The van der Waals surface area contributed by atoms with Crippen molar-refractivity contribution < 1.29 is 37.4 Å². The zero-order valence-corrected chi connectivity index (χ0v) is 28.1. The van der Waals surface area contributed by atoms with Crippen LogP contribution >= 0.6 is 7.75 Å². The van der Waals surface area contributed by atoms with E-state index >= 15 is 4.39 Å². The Morgan fingerprint density at radius 1 is 1.23 bits per heavy atom. The number of alkyl halides is 1. The Morgan fingerprint density at radius 3 is 2.60 bits per heavy atom. The van der Waals surface area contributed by atoms with E-state index in [1.807, 2.05) is 39.0 Å². The molecule has 2 aromatic carbocycles. The largest absolute Gasteiger partial charge is 0.464 e. The summed E-state index contributed by atoms with van der Waals surface area (Å²) in [6.45, 7) is 8.42. The van der Waals surface area contributed by atoms with Crippen LogP contribution in [0.3, 0.4) is 0 Å². The Kier molecular flexibility index (Phi) is 8.00. The fourth-order valence-corrected chi connectivity index (χ4v) is 7.43. The first-order chi connectivity index (χ1) is 21.9. The first-order valence-corrected chi connectivity index (χ1v) is 16.6. The Bertz CT molecular complexity index is 1890. The lowest BCUT2D eigenvalue weighted by atomic mass is 9.97. The monoisotopic (exact) mass is 671 g/mol. The molecule has 252 valence electrons. The molecule has 7 atom stereocenters. The molecule has 2 aromatic heterocycles. The van der Waals surface area contributed by atoms with Gasteiger partial charge in [-0.2, -0.15) is 15.1 Å². The van der Waals surface area contributed by atoms with Crippen LogP contribution in [-0.4, -0.2) is 80.8 Å². The molecule has 2 fully saturated rings. The van der Waals surface area contributed by atoms with Gasteiger partial charge in [0.2, 0.25) is 5.95 Å². The molecule has 2 aliphatic rings. The Labute approximate surface area is 271 Å². The van der Waals surface area contributed by atoms with E-state index in [9.17, 15) is 14.5 Å². The van der Waals surface area contributed by atoms with E-state index in [1.165, 1.54) is 17.8 Å². The van der Waals surface area contributed by atoms with Gasteiger partial charge in [0.05, 0.1) is 12.9 Å². The van der Waals surface area contributed by atoms with Crippen molar-refractivity contribution in [2.45, 2.75) is 70.4 Å². The third-order valence-electron chi connectivity index (χ3n) is 8.23. The fourth-order valence-electron chi connectivity index (χ4n) is 5.71. The van der Waals surface area contributed by atoms with E-state index in [2.05, 4.69) is 20.0 Å². The highest BCUT2D eigenvalue weighted by Gasteiger charge is 2.85. The number of imidazole rings is 1. The number of nitrogens with zero attached hydrogens (tertiary/aromatic N) is 5. The Morgan fingerprint density at radius 2 is 1.94 bits per heavy atom. The van der Waals surface area contributed by atoms with E-state index in [4.69, 9.17) is 24.3 Å². The molecule has 4 N–H and O–H groups in total. The van der Waals surface area contributed by atoms with Crippen LogP contribution in [0.4, 0.5) is 16.2 Å². The third kappa shape index (κ3) is 5.80. The number of aliphatic hydroxyl groups is 1. The second kappa shape index (κ2) is 11.4. The van der Waals surface area contributed by atoms with Crippen LogP contribution in [0.25, 0.3) is 21.9 Å². The highest BCUT2D eigenvalue weighted by Crippen LogP contribution is 2.66. The lowest BCUT2D eigenvalue weighted by Gasteiger charge is -2.32. The van der Waals surface area contributed by atoms with Crippen LogP contribution in [0.15, 0.2) is 48.8 Å². The Balaban J connectivity index is 1.29. The summed E-state index contributed by atoms with van der Waals surface area (Å²) in [5, 5.41) is 15.7. The van der Waals surface area contributed by atoms with Crippen LogP contribution in [0.1, 0.15) is 40.8 Å². The maximum Gasteiger partial charge on any atom is 0.459 e. The highest BCUT2D eigenvalue weighted by atomic mass is 31.2. The third-order valence-corrected chi connectivity index (χ3v) is 9.87. The van der Waals surface area contributed by atoms with Crippen molar-refractivity contribution in [1.29, 1.82) is 0 Å². The van der Waals surface area contributed by atoms with Crippen LogP contribution in [0, 0.1) is 5.41 Å². The molecule has 16 heteroatoms. The maximum absolute atomic E-state index is 16.8. The summed E-state index contributed by atoms with van der Waals surface area (Å²) >= 11 is 0. The fraction of sp³-hybridized carbons (Fsp3) is 0.484. The molecule has 3 heterocycles. The van der Waals surface area contributed by atoms with Gasteiger partial charge in [0.25, 0.3) is 0 Å². The van der Waals surface area contributed by atoms with Crippen molar-refractivity contribution in [3.63, 3.8) is 0 Å². The molecule has 1 aliphatic carbocycles.